The zero-order valence-electron chi connectivity index (χ0n) is 13.1. The van der Waals surface area contributed by atoms with Gasteiger partial charge in [-0.05, 0) is 24.6 Å². The van der Waals surface area contributed by atoms with E-state index in [-0.39, 0.29) is 12.1 Å². The number of benzene rings is 1. The Morgan fingerprint density at radius 1 is 1.33 bits per heavy atom. The third-order valence-corrected chi connectivity index (χ3v) is 3.91. The van der Waals surface area contributed by atoms with Gasteiger partial charge in [-0.25, -0.2) is 9.59 Å². The van der Waals surface area contributed by atoms with Crippen LogP contribution in [0.4, 0.5) is 4.79 Å². The molecule has 3 rings (SSSR count). The second kappa shape index (κ2) is 6.97. The summed E-state index contributed by atoms with van der Waals surface area (Å²) in [6, 6.07) is 10.1. The van der Waals surface area contributed by atoms with Crippen LogP contribution in [0.2, 0.25) is 5.02 Å². The Morgan fingerprint density at radius 2 is 2.04 bits per heavy atom. The number of halogens is 1. The number of hydrogen-bond acceptors (Lipinski definition) is 4. The van der Waals surface area contributed by atoms with Gasteiger partial charge in [0.25, 0.3) is 0 Å². The molecule has 0 radical (unpaired) electrons. The van der Waals surface area contributed by atoms with Crippen LogP contribution in [-0.4, -0.2) is 30.1 Å². The Kier molecular flexibility index (Phi) is 4.76. The molecule has 2 aromatic rings. The van der Waals surface area contributed by atoms with Gasteiger partial charge >= 0.3 is 11.7 Å². The molecule has 2 heterocycles. The van der Waals surface area contributed by atoms with E-state index in [2.05, 4.69) is 5.32 Å². The second-order valence-electron chi connectivity index (χ2n) is 5.65. The molecule has 0 bridgehead atoms. The minimum atomic E-state index is -0.443. The summed E-state index contributed by atoms with van der Waals surface area (Å²) in [6.45, 7) is 3.08. The standard InChI is InChI=1S/C17H17ClN2O4/c1-11-6-14(7-16(21)23-11)24-15-9-20(10-15)17(22)19-8-12-2-4-13(18)5-3-12/h2-7,15H,8-10H2,1H3,(H,19,22). The molecule has 1 saturated heterocycles. The maximum atomic E-state index is 12.0. The molecule has 1 aliphatic rings. The topological polar surface area (TPSA) is 71.8 Å². The first-order chi connectivity index (χ1) is 11.5. The molecular formula is C17H17ClN2O4. The Balaban J connectivity index is 1.44. The van der Waals surface area contributed by atoms with Gasteiger partial charge in [0.1, 0.15) is 17.6 Å². The summed E-state index contributed by atoms with van der Waals surface area (Å²) in [4.78, 5) is 25.0. The summed E-state index contributed by atoms with van der Waals surface area (Å²) in [5.41, 5.74) is 0.537. The van der Waals surface area contributed by atoms with Gasteiger partial charge in [0.05, 0.1) is 19.2 Å². The number of likely N-dealkylation sites (tertiary alicyclic amines) is 1. The van der Waals surface area contributed by atoms with Crippen LogP contribution in [0, 0.1) is 6.92 Å². The monoisotopic (exact) mass is 348 g/mol. The predicted octanol–water partition coefficient (Wildman–Crippen LogP) is 2.57. The van der Waals surface area contributed by atoms with Gasteiger partial charge in [-0.3, -0.25) is 0 Å². The second-order valence-corrected chi connectivity index (χ2v) is 6.09. The lowest BCUT2D eigenvalue weighted by molar-refractivity contribution is 0.0438. The number of urea groups is 1. The number of nitrogens with zero attached hydrogens (tertiary/aromatic N) is 1. The van der Waals surface area contributed by atoms with Gasteiger partial charge in [0.2, 0.25) is 0 Å². The first-order valence-electron chi connectivity index (χ1n) is 7.55. The number of hydrogen-bond donors (Lipinski definition) is 1. The molecule has 0 atom stereocenters. The van der Waals surface area contributed by atoms with Crippen molar-refractivity contribution in [2.45, 2.75) is 19.6 Å². The van der Waals surface area contributed by atoms with E-state index in [1.165, 1.54) is 6.07 Å². The summed E-state index contributed by atoms with van der Waals surface area (Å²) >= 11 is 5.82. The highest BCUT2D eigenvalue weighted by molar-refractivity contribution is 6.30. The van der Waals surface area contributed by atoms with Crippen molar-refractivity contribution in [1.82, 2.24) is 10.2 Å². The Morgan fingerprint density at radius 3 is 2.71 bits per heavy atom. The fourth-order valence-corrected chi connectivity index (χ4v) is 2.53. The average Bonchev–Trinajstić information content (AvgIpc) is 2.48. The molecule has 1 aromatic heterocycles. The van der Waals surface area contributed by atoms with E-state index >= 15 is 0 Å². The van der Waals surface area contributed by atoms with Crippen LogP contribution in [0.25, 0.3) is 0 Å². The van der Waals surface area contributed by atoms with E-state index in [9.17, 15) is 9.59 Å². The highest BCUT2D eigenvalue weighted by atomic mass is 35.5. The first kappa shape index (κ1) is 16.4. The molecular weight excluding hydrogens is 332 g/mol. The van der Waals surface area contributed by atoms with E-state index in [1.54, 1.807) is 30.0 Å². The molecule has 2 amide bonds. The van der Waals surface area contributed by atoms with Crippen molar-refractivity contribution < 1.29 is 13.9 Å². The van der Waals surface area contributed by atoms with Crippen LogP contribution in [0.5, 0.6) is 5.75 Å². The highest BCUT2D eigenvalue weighted by Gasteiger charge is 2.32. The maximum absolute atomic E-state index is 12.0. The molecule has 1 N–H and O–H groups in total. The zero-order valence-corrected chi connectivity index (χ0v) is 13.9. The van der Waals surface area contributed by atoms with Gasteiger partial charge in [-0.15, -0.1) is 0 Å². The molecule has 1 fully saturated rings. The summed E-state index contributed by atoms with van der Waals surface area (Å²) in [7, 11) is 0. The molecule has 0 saturated carbocycles. The SMILES string of the molecule is Cc1cc(OC2CN(C(=O)NCc3ccc(Cl)cc3)C2)cc(=O)o1. The number of carbonyl (C=O) groups excluding carboxylic acids is 1. The van der Waals surface area contributed by atoms with Crippen LogP contribution < -0.4 is 15.7 Å². The number of carbonyl (C=O) groups is 1. The third-order valence-electron chi connectivity index (χ3n) is 3.66. The summed E-state index contributed by atoms with van der Waals surface area (Å²) < 4.78 is 10.5. The van der Waals surface area contributed by atoms with E-state index in [4.69, 9.17) is 20.8 Å². The summed E-state index contributed by atoms with van der Waals surface area (Å²) in [5, 5.41) is 3.51. The molecule has 1 aliphatic heterocycles. The van der Waals surface area contributed by atoms with Gasteiger partial charge in [0.15, 0.2) is 0 Å². The minimum Gasteiger partial charge on any atom is -0.486 e. The first-order valence-corrected chi connectivity index (χ1v) is 7.93. The van der Waals surface area contributed by atoms with Crippen molar-refractivity contribution in [3.8, 4) is 5.75 Å². The Hall–Kier alpha value is -2.47. The minimum absolute atomic E-state index is 0.118. The summed E-state index contributed by atoms with van der Waals surface area (Å²) in [5.74, 6) is 0.962. The van der Waals surface area contributed by atoms with Crippen molar-refractivity contribution in [1.29, 1.82) is 0 Å². The van der Waals surface area contributed by atoms with Crippen LogP contribution in [0.1, 0.15) is 11.3 Å². The fraction of sp³-hybridized carbons (Fsp3) is 0.294. The quantitative estimate of drug-likeness (QED) is 0.921. The van der Waals surface area contributed by atoms with E-state index in [0.29, 0.717) is 36.2 Å². The van der Waals surface area contributed by atoms with Gasteiger partial charge in [-0.2, -0.15) is 0 Å². The molecule has 0 unspecified atom stereocenters. The van der Waals surface area contributed by atoms with Crippen LogP contribution in [0.15, 0.2) is 45.6 Å². The smallest absolute Gasteiger partial charge is 0.339 e. The number of amides is 2. The van der Waals surface area contributed by atoms with Gasteiger partial charge in [0, 0.05) is 17.6 Å². The lowest BCUT2D eigenvalue weighted by atomic mass is 10.2. The van der Waals surface area contributed by atoms with E-state index in [1.807, 2.05) is 12.1 Å². The lowest BCUT2D eigenvalue weighted by Gasteiger charge is -2.38. The molecule has 0 aliphatic carbocycles. The van der Waals surface area contributed by atoms with Crippen LogP contribution in [0.3, 0.4) is 0 Å². The normalized spacial score (nSPS) is 14.2. The van der Waals surface area contributed by atoms with Crippen molar-refractivity contribution in [3.05, 3.63) is 63.2 Å². The predicted molar refractivity (Wildman–Crippen MR) is 89.4 cm³/mol. The number of rotatable bonds is 4. The molecule has 7 heteroatoms. The van der Waals surface area contributed by atoms with Crippen LogP contribution >= 0.6 is 11.6 Å². The zero-order chi connectivity index (χ0) is 17.1. The largest absolute Gasteiger partial charge is 0.486 e. The molecule has 126 valence electrons. The van der Waals surface area contributed by atoms with Crippen molar-refractivity contribution in [2.24, 2.45) is 0 Å². The van der Waals surface area contributed by atoms with Crippen molar-refractivity contribution in [3.63, 3.8) is 0 Å². The van der Waals surface area contributed by atoms with Crippen LogP contribution in [-0.2, 0) is 6.54 Å². The van der Waals surface area contributed by atoms with Crippen molar-refractivity contribution in [2.75, 3.05) is 13.1 Å². The molecule has 0 spiro atoms. The third kappa shape index (κ3) is 4.08. The Labute approximate surface area is 144 Å². The van der Waals surface area contributed by atoms with E-state index in [0.717, 1.165) is 5.56 Å². The fourth-order valence-electron chi connectivity index (χ4n) is 2.41. The number of aryl methyl sites for hydroxylation is 1. The van der Waals surface area contributed by atoms with Gasteiger partial charge < -0.3 is 19.4 Å². The molecule has 24 heavy (non-hydrogen) atoms. The van der Waals surface area contributed by atoms with Crippen molar-refractivity contribution >= 4 is 17.6 Å². The van der Waals surface area contributed by atoms with Gasteiger partial charge in [-0.1, -0.05) is 23.7 Å². The highest BCUT2D eigenvalue weighted by Crippen LogP contribution is 2.18. The number of nitrogens with one attached hydrogen (secondary N) is 1. The number of ether oxygens (including phenoxy) is 1. The maximum Gasteiger partial charge on any atom is 0.339 e. The lowest BCUT2D eigenvalue weighted by Crippen LogP contribution is -2.58. The molecule has 6 nitrogen and oxygen atoms in total. The Bertz CT molecular complexity index is 782. The van der Waals surface area contributed by atoms with E-state index < -0.39 is 5.63 Å². The summed E-state index contributed by atoms with van der Waals surface area (Å²) in [6.07, 6.45) is -0.118. The average molecular weight is 349 g/mol. The molecule has 1 aromatic carbocycles.